The number of ether oxygens (including phenoxy) is 2. The molecule has 1 aliphatic carbocycles. The van der Waals surface area contributed by atoms with Crippen LogP contribution in [0.25, 0.3) is 0 Å². The van der Waals surface area contributed by atoms with Crippen molar-refractivity contribution in [3.05, 3.63) is 35.4 Å². The van der Waals surface area contributed by atoms with Gasteiger partial charge in [-0.25, -0.2) is 0 Å². The van der Waals surface area contributed by atoms with Crippen molar-refractivity contribution in [3.63, 3.8) is 0 Å². The molecule has 0 aromatic heterocycles. The van der Waals surface area contributed by atoms with Crippen molar-refractivity contribution < 1.29 is 19.1 Å². The molecule has 4 rings (SSSR count). The number of aryl methyl sites for hydroxylation is 1. The van der Waals surface area contributed by atoms with Gasteiger partial charge in [0.2, 0.25) is 6.29 Å². The van der Waals surface area contributed by atoms with Crippen molar-refractivity contribution >= 4 is 11.6 Å². The molecule has 1 saturated carbocycles. The fourth-order valence-electron chi connectivity index (χ4n) is 3.34. The first kappa shape index (κ1) is 11.3. The number of fused-ring (bicyclic) bond motifs is 4. The number of rotatable bonds is 2. The summed E-state index contributed by atoms with van der Waals surface area (Å²) in [7, 11) is 0. The van der Waals surface area contributed by atoms with E-state index in [0.717, 1.165) is 5.56 Å². The number of Topliss-reactive ketones (excluding diaryl/α,β-unsaturated/α-hetero) is 2. The zero-order chi connectivity index (χ0) is 13.1. The summed E-state index contributed by atoms with van der Waals surface area (Å²) >= 11 is 0. The number of ketones is 2. The van der Waals surface area contributed by atoms with E-state index in [1.54, 1.807) is 0 Å². The van der Waals surface area contributed by atoms with E-state index in [4.69, 9.17) is 9.47 Å². The number of carbonyl (C=O) groups is 2. The molecular weight excluding hydrogens is 244 g/mol. The van der Waals surface area contributed by atoms with Gasteiger partial charge in [0.25, 0.3) is 0 Å². The van der Waals surface area contributed by atoms with E-state index in [9.17, 15) is 9.59 Å². The molecule has 2 saturated heterocycles. The minimum absolute atomic E-state index is 0.0278. The van der Waals surface area contributed by atoms with Gasteiger partial charge in [0.15, 0.2) is 11.6 Å². The lowest BCUT2D eigenvalue weighted by molar-refractivity contribution is -0.153. The summed E-state index contributed by atoms with van der Waals surface area (Å²) in [5.74, 6) is -0.335. The van der Waals surface area contributed by atoms with Crippen LogP contribution in [0.5, 0.6) is 0 Å². The van der Waals surface area contributed by atoms with Crippen molar-refractivity contribution in [2.75, 3.05) is 6.61 Å². The fourth-order valence-corrected chi connectivity index (χ4v) is 3.34. The van der Waals surface area contributed by atoms with Gasteiger partial charge in [-0.3, -0.25) is 9.59 Å². The van der Waals surface area contributed by atoms with Crippen LogP contribution in [0.2, 0.25) is 0 Å². The maximum atomic E-state index is 12.5. The predicted molar refractivity (Wildman–Crippen MR) is 65.6 cm³/mol. The highest BCUT2D eigenvalue weighted by atomic mass is 16.7. The van der Waals surface area contributed by atoms with Crippen LogP contribution < -0.4 is 0 Å². The monoisotopic (exact) mass is 258 g/mol. The Balaban J connectivity index is 1.60. The highest BCUT2D eigenvalue weighted by molar-refractivity contribution is 6.05. The van der Waals surface area contributed by atoms with E-state index in [1.165, 1.54) is 0 Å². The Kier molecular flexibility index (Phi) is 2.23. The number of hydrogen-bond donors (Lipinski definition) is 0. The summed E-state index contributed by atoms with van der Waals surface area (Å²) < 4.78 is 10.7. The molecule has 2 aliphatic heterocycles. The predicted octanol–water partition coefficient (Wildman–Crippen LogP) is 1.36. The first-order chi connectivity index (χ1) is 9.16. The van der Waals surface area contributed by atoms with E-state index < -0.39 is 6.29 Å². The van der Waals surface area contributed by atoms with Gasteiger partial charge in [0.05, 0.1) is 12.7 Å². The van der Waals surface area contributed by atoms with E-state index in [-0.39, 0.29) is 35.4 Å². The summed E-state index contributed by atoms with van der Waals surface area (Å²) in [6, 6.07) is 7.52. The van der Waals surface area contributed by atoms with Crippen LogP contribution in [0.1, 0.15) is 15.9 Å². The summed E-state index contributed by atoms with van der Waals surface area (Å²) in [5, 5.41) is 0. The largest absolute Gasteiger partial charge is 0.343 e. The Morgan fingerprint density at radius 2 is 2.00 bits per heavy atom. The van der Waals surface area contributed by atoms with Crippen molar-refractivity contribution in [2.45, 2.75) is 19.3 Å². The van der Waals surface area contributed by atoms with Crippen molar-refractivity contribution in [3.8, 4) is 0 Å². The smallest absolute Gasteiger partial charge is 0.218 e. The van der Waals surface area contributed by atoms with Crippen LogP contribution in [-0.4, -0.2) is 30.6 Å². The SMILES string of the molecule is Cc1ccc(C(=O)C2C3C(=O)C4OCC(O4)C23)cc1. The Hall–Kier alpha value is -1.52. The molecule has 3 fully saturated rings. The van der Waals surface area contributed by atoms with Gasteiger partial charge in [0, 0.05) is 23.3 Å². The van der Waals surface area contributed by atoms with E-state index in [0.29, 0.717) is 12.2 Å². The van der Waals surface area contributed by atoms with Gasteiger partial charge in [0.1, 0.15) is 0 Å². The van der Waals surface area contributed by atoms with Gasteiger partial charge in [-0.1, -0.05) is 29.8 Å². The highest BCUT2D eigenvalue weighted by Gasteiger charge is 2.68. The molecule has 1 aromatic rings. The van der Waals surface area contributed by atoms with Gasteiger partial charge in [-0.05, 0) is 6.92 Å². The third kappa shape index (κ3) is 1.53. The third-order valence-corrected chi connectivity index (χ3v) is 4.41. The van der Waals surface area contributed by atoms with Crippen molar-refractivity contribution in [1.29, 1.82) is 0 Å². The molecule has 4 heteroatoms. The zero-order valence-corrected chi connectivity index (χ0v) is 10.5. The topological polar surface area (TPSA) is 52.6 Å². The van der Waals surface area contributed by atoms with E-state index in [1.807, 2.05) is 31.2 Å². The van der Waals surface area contributed by atoms with E-state index in [2.05, 4.69) is 0 Å². The van der Waals surface area contributed by atoms with Gasteiger partial charge in [-0.15, -0.1) is 0 Å². The molecule has 3 aliphatic rings. The average Bonchev–Trinajstić information content (AvgIpc) is 3.02. The molecule has 0 radical (unpaired) electrons. The van der Waals surface area contributed by atoms with Crippen LogP contribution in [0.15, 0.2) is 24.3 Å². The van der Waals surface area contributed by atoms with Gasteiger partial charge >= 0.3 is 0 Å². The first-order valence-corrected chi connectivity index (χ1v) is 6.58. The van der Waals surface area contributed by atoms with Crippen molar-refractivity contribution in [1.82, 2.24) is 0 Å². The first-order valence-electron chi connectivity index (χ1n) is 6.58. The normalized spacial score (nSPS) is 39.0. The van der Waals surface area contributed by atoms with E-state index >= 15 is 0 Å². The van der Waals surface area contributed by atoms with Crippen molar-refractivity contribution in [2.24, 2.45) is 17.8 Å². The second-order valence-electron chi connectivity index (χ2n) is 5.60. The molecule has 98 valence electrons. The Morgan fingerprint density at radius 3 is 2.74 bits per heavy atom. The summed E-state index contributed by atoms with van der Waals surface area (Å²) in [5.41, 5.74) is 1.81. The molecule has 1 aromatic carbocycles. The summed E-state index contributed by atoms with van der Waals surface area (Å²) in [6.07, 6.45) is -0.797. The maximum absolute atomic E-state index is 12.5. The van der Waals surface area contributed by atoms with Crippen LogP contribution in [0, 0.1) is 24.7 Å². The average molecular weight is 258 g/mol. The van der Waals surface area contributed by atoms with Crippen LogP contribution in [0.4, 0.5) is 0 Å². The highest BCUT2D eigenvalue weighted by Crippen LogP contribution is 2.57. The third-order valence-electron chi connectivity index (χ3n) is 4.41. The molecule has 2 bridgehead atoms. The lowest BCUT2D eigenvalue weighted by Crippen LogP contribution is -2.30. The molecule has 0 N–H and O–H groups in total. The number of benzene rings is 1. The Labute approximate surface area is 110 Å². The molecule has 0 amide bonds. The quantitative estimate of drug-likeness (QED) is 0.752. The zero-order valence-electron chi connectivity index (χ0n) is 10.5. The molecule has 0 spiro atoms. The standard InChI is InChI=1S/C15H14O4/c1-7-2-4-8(5-3-7)13(16)11-10-9-6-18-15(19-9)14(17)12(10)11/h2-5,9-12,15H,6H2,1H3. The van der Waals surface area contributed by atoms with Crippen LogP contribution >= 0.6 is 0 Å². The molecule has 5 unspecified atom stereocenters. The molecular formula is C15H14O4. The molecule has 19 heavy (non-hydrogen) atoms. The van der Waals surface area contributed by atoms with Crippen LogP contribution in [0.3, 0.4) is 0 Å². The molecule has 4 nitrogen and oxygen atoms in total. The minimum atomic E-state index is -0.720. The Morgan fingerprint density at radius 1 is 1.26 bits per heavy atom. The molecule has 5 atom stereocenters. The number of hydrogen-bond acceptors (Lipinski definition) is 4. The summed E-state index contributed by atoms with van der Waals surface area (Å²) in [6.45, 7) is 2.42. The fraction of sp³-hybridized carbons (Fsp3) is 0.467. The maximum Gasteiger partial charge on any atom is 0.218 e. The van der Waals surface area contributed by atoms with Gasteiger partial charge in [-0.2, -0.15) is 0 Å². The molecule has 2 heterocycles. The second kappa shape index (κ2) is 3.74. The van der Waals surface area contributed by atoms with Gasteiger partial charge < -0.3 is 9.47 Å². The van der Waals surface area contributed by atoms with Crippen LogP contribution in [-0.2, 0) is 14.3 Å². The summed E-state index contributed by atoms with van der Waals surface area (Å²) in [4.78, 5) is 24.5. The number of carbonyl (C=O) groups excluding carboxylic acids is 2. The Bertz CT molecular complexity index is 562. The lowest BCUT2D eigenvalue weighted by Gasteiger charge is -2.14. The minimum Gasteiger partial charge on any atom is -0.343 e. The lowest BCUT2D eigenvalue weighted by atomic mass is 10.0. The second-order valence-corrected chi connectivity index (χ2v) is 5.60.